The maximum absolute atomic E-state index is 5.34. The van der Waals surface area contributed by atoms with E-state index in [1.54, 1.807) is 13.2 Å². The van der Waals surface area contributed by atoms with Crippen molar-refractivity contribution in [3.05, 3.63) is 30.1 Å². The Morgan fingerprint density at radius 2 is 2.14 bits per heavy atom. The predicted molar refractivity (Wildman–Crippen MR) is 84.6 cm³/mol. The molecule has 6 heteroatoms. The summed E-state index contributed by atoms with van der Waals surface area (Å²) in [5.41, 5.74) is 1.23. The molecule has 2 rings (SSSR count). The third-order valence-electron chi connectivity index (χ3n) is 3.48. The number of pyridine rings is 1. The molecule has 2 N–H and O–H groups in total. The van der Waals surface area contributed by atoms with Crippen LogP contribution >= 0.6 is 0 Å². The molecule has 1 aliphatic heterocycles. The molecule has 0 aliphatic carbocycles. The lowest BCUT2D eigenvalue weighted by Gasteiger charge is -2.26. The summed E-state index contributed by atoms with van der Waals surface area (Å²) >= 11 is 0. The second kappa shape index (κ2) is 9.31. The Morgan fingerprint density at radius 3 is 2.86 bits per heavy atom. The van der Waals surface area contributed by atoms with Crippen molar-refractivity contribution in [2.24, 2.45) is 4.99 Å². The van der Waals surface area contributed by atoms with E-state index in [1.807, 2.05) is 12.3 Å². The van der Waals surface area contributed by atoms with Gasteiger partial charge in [0.2, 0.25) is 0 Å². The van der Waals surface area contributed by atoms with Gasteiger partial charge in [-0.2, -0.15) is 0 Å². The first kappa shape index (κ1) is 15.7. The number of aromatic nitrogens is 1. The molecule has 0 atom stereocenters. The minimum Gasteiger partial charge on any atom is -0.379 e. The van der Waals surface area contributed by atoms with Crippen LogP contribution in [0.1, 0.15) is 5.56 Å². The van der Waals surface area contributed by atoms with Crippen molar-refractivity contribution in [3.8, 4) is 0 Å². The maximum atomic E-state index is 5.34. The van der Waals surface area contributed by atoms with Crippen molar-refractivity contribution in [1.29, 1.82) is 0 Å². The van der Waals surface area contributed by atoms with E-state index in [0.29, 0.717) is 0 Å². The van der Waals surface area contributed by atoms with Crippen LogP contribution in [-0.2, 0) is 11.2 Å². The normalized spacial score (nSPS) is 16.7. The van der Waals surface area contributed by atoms with Crippen molar-refractivity contribution in [3.63, 3.8) is 0 Å². The number of morpholine rings is 1. The number of hydrogen-bond donors (Lipinski definition) is 2. The van der Waals surface area contributed by atoms with E-state index in [2.05, 4.69) is 31.6 Å². The third kappa shape index (κ3) is 6.10. The third-order valence-corrected chi connectivity index (χ3v) is 3.48. The van der Waals surface area contributed by atoms with Gasteiger partial charge in [-0.25, -0.2) is 0 Å². The van der Waals surface area contributed by atoms with E-state index in [-0.39, 0.29) is 0 Å². The standard InChI is InChI=1S/C15H25N5O/c1-16-15(18-6-4-14-3-2-5-17-13-14)19-7-8-20-9-11-21-12-10-20/h2-3,5,13H,4,6-12H2,1H3,(H2,16,18,19). The molecule has 0 aromatic carbocycles. The van der Waals surface area contributed by atoms with Crippen molar-refractivity contribution in [1.82, 2.24) is 20.5 Å². The van der Waals surface area contributed by atoms with E-state index in [1.165, 1.54) is 5.56 Å². The molecule has 0 radical (unpaired) electrons. The quantitative estimate of drug-likeness (QED) is 0.576. The molecule has 0 bridgehead atoms. The number of guanidine groups is 1. The molecule has 21 heavy (non-hydrogen) atoms. The highest BCUT2D eigenvalue weighted by Crippen LogP contribution is 1.96. The summed E-state index contributed by atoms with van der Waals surface area (Å²) in [4.78, 5) is 10.8. The summed E-state index contributed by atoms with van der Waals surface area (Å²) in [5.74, 6) is 0.854. The molecule has 6 nitrogen and oxygen atoms in total. The largest absolute Gasteiger partial charge is 0.379 e. The SMILES string of the molecule is CN=C(NCCc1cccnc1)NCCN1CCOCC1. The molecule has 1 aliphatic rings. The van der Waals surface area contributed by atoms with Gasteiger partial charge in [0.05, 0.1) is 13.2 Å². The summed E-state index contributed by atoms with van der Waals surface area (Å²) in [6.45, 7) is 6.50. The van der Waals surface area contributed by atoms with Crippen LogP contribution in [0.5, 0.6) is 0 Å². The second-order valence-corrected chi connectivity index (χ2v) is 4.99. The Hall–Kier alpha value is -1.66. The van der Waals surface area contributed by atoms with Gasteiger partial charge in [-0.3, -0.25) is 14.9 Å². The fourth-order valence-electron chi connectivity index (χ4n) is 2.25. The number of aliphatic imine (C=N–C) groups is 1. The Kier molecular flexibility index (Phi) is 6.97. The summed E-state index contributed by atoms with van der Waals surface area (Å²) in [5, 5.41) is 6.67. The Labute approximate surface area is 126 Å². The number of nitrogens with one attached hydrogen (secondary N) is 2. The molecule has 116 valence electrons. The number of hydrogen-bond acceptors (Lipinski definition) is 4. The molecule has 0 unspecified atom stereocenters. The molecule has 1 fully saturated rings. The highest BCUT2D eigenvalue weighted by Gasteiger charge is 2.09. The van der Waals surface area contributed by atoms with Crippen LogP contribution in [-0.4, -0.2) is 68.8 Å². The molecule has 0 saturated carbocycles. The average Bonchev–Trinajstić information content (AvgIpc) is 2.55. The van der Waals surface area contributed by atoms with E-state index >= 15 is 0 Å². The molecule has 1 saturated heterocycles. The molecular weight excluding hydrogens is 266 g/mol. The average molecular weight is 291 g/mol. The van der Waals surface area contributed by atoms with Crippen LogP contribution in [0.2, 0.25) is 0 Å². The summed E-state index contributed by atoms with van der Waals surface area (Å²) in [6.07, 6.45) is 4.64. The van der Waals surface area contributed by atoms with Crippen molar-refractivity contribution in [2.45, 2.75) is 6.42 Å². The van der Waals surface area contributed by atoms with E-state index in [0.717, 1.165) is 58.3 Å². The Bertz CT molecular complexity index is 417. The van der Waals surface area contributed by atoms with Gasteiger partial charge in [0.15, 0.2) is 5.96 Å². The van der Waals surface area contributed by atoms with Crippen LogP contribution in [0, 0.1) is 0 Å². The highest BCUT2D eigenvalue weighted by molar-refractivity contribution is 5.79. The monoisotopic (exact) mass is 291 g/mol. The second-order valence-electron chi connectivity index (χ2n) is 4.99. The highest BCUT2D eigenvalue weighted by atomic mass is 16.5. The smallest absolute Gasteiger partial charge is 0.191 e. The molecule has 1 aromatic rings. The molecule has 0 spiro atoms. The summed E-state index contributed by atoms with van der Waals surface area (Å²) in [7, 11) is 1.80. The zero-order chi connectivity index (χ0) is 14.8. The fourth-order valence-corrected chi connectivity index (χ4v) is 2.25. The lowest BCUT2D eigenvalue weighted by Crippen LogP contribution is -2.44. The molecule has 0 amide bonds. The zero-order valence-electron chi connectivity index (χ0n) is 12.7. The molecule has 2 heterocycles. The molecular formula is C15H25N5O. The molecule has 1 aromatic heterocycles. The van der Waals surface area contributed by atoms with Crippen molar-refractivity contribution >= 4 is 5.96 Å². The van der Waals surface area contributed by atoms with Crippen molar-refractivity contribution in [2.75, 3.05) is 53.0 Å². The zero-order valence-corrected chi connectivity index (χ0v) is 12.7. The first-order valence-corrected chi connectivity index (χ1v) is 7.52. The van der Waals surface area contributed by atoms with Gasteiger partial charge in [-0.15, -0.1) is 0 Å². The van der Waals surface area contributed by atoms with Gasteiger partial charge < -0.3 is 15.4 Å². The number of ether oxygens (including phenoxy) is 1. The first-order valence-electron chi connectivity index (χ1n) is 7.52. The number of nitrogens with zero attached hydrogens (tertiary/aromatic N) is 3. The van der Waals surface area contributed by atoms with Gasteiger partial charge >= 0.3 is 0 Å². The Morgan fingerprint density at radius 1 is 1.33 bits per heavy atom. The van der Waals surface area contributed by atoms with Crippen LogP contribution in [0.25, 0.3) is 0 Å². The van der Waals surface area contributed by atoms with Gasteiger partial charge in [0.1, 0.15) is 0 Å². The Balaban J connectivity index is 1.59. The van der Waals surface area contributed by atoms with Crippen LogP contribution in [0.15, 0.2) is 29.5 Å². The lowest BCUT2D eigenvalue weighted by molar-refractivity contribution is 0.0389. The van der Waals surface area contributed by atoms with Gasteiger partial charge in [-0.1, -0.05) is 6.07 Å². The predicted octanol–water partition coefficient (Wildman–Crippen LogP) is 0.121. The van der Waals surface area contributed by atoms with Gasteiger partial charge in [-0.05, 0) is 18.1 Å². The summed E-state index contributed by atoms with van der Waals surface area (Å²) < 4.78 is 5.34. The van der Waals surface area contributed by atoms with Crippen molar-refractivity contribution < 1.29 is 4.74 Å². The first-order chi connectivity index (χ1) is 10.4. The number of rotatable bonds is 6. The maximum Gasteiger partial charge on any atom is 0.191 e. The summed E-state index contributed by atoms with van der Waals surface area (Å²) in [6, 6.07) is 4.05. The van der Waals surface area contributed by atoms with Crippen LogP contribution in [0.3, 0.4) is 0 Å². The van der Waals surface area contributed by atoms with E-state index < -0.39 is 0 Å². The van der Waals surface area contributed by atoms with Crippen LogP contribution in [0.4, 0.5) is 0 Å². The van der Waals surface area contributed by atoms with Gasteiger partial charge in [0.25, 0.3) is 0 Å². The topological polar surface area (TPSA) is 61.8 Å². The minimum atomic E-state index is 0.845. The van der Waals surface area contributed by atoms with Crippen LogP contribution < -0.4 is 10.6 Å². The fraction of sp³-hybridized carbons (Fsp3) is 0.600. The van der Waals surface area contributed by atoms with E-state index in [9.17, 15) is 0 Å². The minimum absolute atomic E-state index is 0.845. The van der Waals surface area contributed by atoms with Gasteiger partial charge in [0, 0.05) is 52.2 Å². The lowest BCUT2D eigenvalue weighted by atomic mass is 10.2. The van der Waals surface area contributed by atoms with E-state index in [4.69, 9.17) is 4.74 Å².